The quantitative estimate of drug-likeness (QED) is 0.861. The van der Waals surface area contributed by atoms with Crippen molar-refractivity contribution in [3.8, 4) is 0 Å². The van der Waals surface area contributed by atoms with E-state index in [0.29, 0.717) is 12.6 Å². The normalized spacial score (nSPS) is 23.2. The minimum absolute atomic E-state index is 0.0553. The van der Waals surface area contributed by atoms with Crippen molar-refractivity contribution in [1.82, 2.24) is 10.2 Å². The molecule has 25 heavy (non-hydrogen) atoms. The fraction of sp³-hybridized carbons (Fsp3) is 0.650. The second kappa shape index (κ2) is 7.28. The molecule has 0 bridgehead atoms. The summed E-state index contributed by atoms with van der Waals surface area (Å²) in [5.41, 5.74) is 0.866. The van der Waals surface area contributed by atoms with Crippen molar-refractivity contribution in [2.24, 2.45) is 4.99 Å². The number of amidine groups is 1. The Hall–Kier alpha value is -1.07. The minimum Gasteiger partial charge on any atom is -0.344 e. The summed E-state index contributed by atoms with van der Waals surface area (Å²) in [5, 5.41) is 4.84. The molecular formula is C20H30FN3S. The average molecular weight is 364 g/mol. The molecule has 3 nitrogen and oxygen atoms in total. The summed E-state index contributed by atoms with van der Waals surface area (Å²) in [6.07, 6.45) is 3.19. The molecule has 0 unspecified atom stereocenters. The molecule has 2 heterocycles. The van der Waals surface area contributed by atoms with Gasteiger partial charge in [-0.25, -0.2) is 4.39 Å². The van der Waals surface area contributed by atoms with Crippen LogP contribution in [0, 0.1) is 5.82 Å². The van der Waals surface area contributed by atoms with Gasteiger partial charge in [-0.15, -0.1) is 0 Å². The summed E-state index contributed by atoms with van der Waals surface area (Å²) in [5.74, 6) is 0.978. The molecule has 1 fully saturated rings. The molecule has 0 saturated carbocycles. The average Bonchev–Trinajstić information content (AvgIpc) is 2.52. The molecule has 1 saturated heterocycles. The van der Waals surface area contributed by atoms with Gasteiger partial charge in [-0.3, -0.25) is 4.99 Å². The Morgan fingerprint density at radius 3 is 2.48 bits per heavy atom. The Morgan fingerprint density at radius 2 is 1.88 bits per heavy atom. The molecule has 5 heteroatoms. The minimum atomic E-state index is -0.124. The highest BCUT2D eigenvalue weighted by molar-refractivity contribution is 8.13. The Kier molecular flexibility index (Phi) is 5.45. The smallest absolute Gasteiger partial charge is 0.159 e. The second-order valence-electron chi connectivity index (χ2n) is 8.54. The molecule has 0 spiro atoms. The fourth-order valence-corrected chi connectivity index (χ4v) is 5.29. The first-order valence-electron chi connectivity index (χ1n) is 9.22. The predicted molar refractivity (Wildman–Crippen MR) is 106 cm³/mol. The molecular weight excluding hydrogens is 333 g/mol. The maximum absolute atomic E-state index is 14.3. The van der Waals surface area contributed by atoms with E-state index in [1.54, 1.807) is 12.1 Å². The molecule has 0 aromatic heterocycles. The van der Waals surface area contributed by atoms with E-state index < -0.39 is 0 Å². The van der Waals surface area contributed by atoms with Gasteiger partial charge in [0.1, 0.15) is 5.82 Å². The first kappa shape index (κ1) is 18.7. The third-order valence-electron chi connectivity index (χ3n) is 4.93. The zero-order chi connectivity index (χ0) is 18.1. The van der Waals surface area contributed by atoms with Gasteiger partial charge in [0.05, 0.1) is 0 Å². The molecule has 2 aliphatic heterocycles. The van der Waals surface area contributed by atoms with Crippen LogP contribution in [0.4, 0.5) is 4.39 Å². The van der Waals surface area contributed by atoms with E-state index in [4.69, 9.17) is 4.99 Å². The van der Waals surface area contributed by atoms with Crippen LogP contribution in [-0.4, -0.2) is 39.5 Å². The molecule has 1 N–H and O–H groups in total. The highest BCUT2D eigenvalue weighted by Crippen LogP contribution is 2.34. The van der Waals surface area contributed by atoms with E-state index >= 15 is 0 Å². The number of hydrogen-bond donors (Lipinski definition) is 1. The molecule has 0 radical (unpaired) electrons. The molecule has 138 valence electrons. The lowest BCUT2D eigenvalue weighted by atomic mass is 9.79. The van der Waals surface area contributed by atoms with Gasteiger partial charge in [0.2, 0.25) is 0 Å². The van der Waals surface area contributed by atoms with Crippen LogP contribution in [0.5, 0.6) is 0 Å². The van der Waals surface area contributed by atoms with Gasteiger partial charge in [0.25, 0.3) is 0 Å². The number of nitrogens with zero attached hydrogens (tertiary/aromatic N) is 2. The van der Waals surface area contributed by atoms with E-state index in [1.807, 2.05) is 23.9 Å². The Balaban J connectivity index is 1.90. The van der Waals surface area contributed by atoms with Gasteiger partial charge in [-0.2, -0.15) is 0 Å². The SMILES string of the molecule is CC1(C)CC(N(Cc2ccccc2F)C2=NCCCS2)CC(C)(C)N1. The number of benzene rings is 1. The summed E-state index contributed by atoms with van der Waals surface area (Å²) < 4.78 is 14.3. The van der Waals surface area contributed by atoms with Crippen LogP contribution in [-0.2, 0) is 6.54 Å². The molecule has 3 rings (SSSR count). The van der Waals surface area contributed by atoms with Crippen LogP contribution >= 0.6 is 11.8 Å². The Bertz CT molecular complexity index is 626. The zero-order valence-corrected chi connectivity index (χ0v) is 16.6. The second-order valence-corrected chi connectivity index (χ2v) is 9.60. The molecule has 1 aromatic rings. The summed E-state index contributed by atoms with van der Waals surface area (Å²) in [6, 6.07) is 7.48. The van der Waals surface area contributed by atoms with Gasteiger partial charge in [-0.1, -0.05) is 30.0 Å². The first-order valence-corrected chi connectivity index (χ1v) is 10.2. The third kappa shape index (κ3) is 4.76. The van der Waals surface area contributed by atoms with Crippen molar-refractivity contribution in [1.29, 1.82) is 0 Å². The lowest BCUT2D eigenvalue weighted by molar-refractivity contribution is 0.101. The Labute approximate surface area is 155 Å². The van der Waals surface area contributed by atoms with Gasteiger partial charge in [0, 0.05) is 41.5 Å². The largest absolute Gasteiger partial charge is 0.344 e. The highest BCUT2D eigenvalue weighted by Gasteiger charge is 2.41. The van der Waals surface area contributed by atoms with Crippen LogP contribution in [0.3, 0.4) is 0 Å². The number of piperidine rings is 1. The molecule has 1 aromatic carbocycles. The third-order valence-corrected chi connectivity index (χ3v) is 6.05. The van der Waals surface area contributed by atoms with Crippen molar-refractivity contribution in [3.63, 3.8) is 0 Å². The lowest BCUT2D eigenvalue weighted by Crippen LogP contribution is -2.62. The number of rotatable bonds is 3. The summed E-state index contributed by atoms with van der Waals surface area (Å²) in [6.45, 7) is 10.5. The summed E-state index contributed by atoms with van der Waals surface area (Å²) >= 11 is 1.82. The summed E-state index contributed by atoms with van der Waals surface area (Å²) in [7, 11) is 0. The van der Waals surface area contributed by atoms with Gasteiger partial charge in [0.15, 0.2) is 5.17 Å². The zero-order valence-electron chi connectivity index (χ0n) is 15.8. The maximum atomic E-state index is 14.3. The van der Waals surface area contributed by atoms with Crippen molar-refractivity contribution in [2.75, 3.05) is 12.3 Å². The van der Waals surface area contributed by atoms with Crippen molar-refractivity contribution < 1.29 is 4.39 Å². The van der Waals surface area contributed by atoms with Crippen molar-refractivity contribution >= 4 is 16.9 Å². The van der Waals surface area contributed by atoms with Crippen molar-refractivity contribution in [2.45, 2.75) is 70.6 Å². The highest BCUT2D eigenvalue weighted by atomic mass is 32.2. The van der Waals surface area contributed by atoms with Gasteiger partial charge < -0.3 is 10.2 Å². The van der Waals surface area contributed by atoms with Crippen LogP contribution in [0.15, 0.2) is 29.3 Å². The van der Waals surface area contributed by atoms with Gasteiger partial charge >= 0.3 is 0 Å². The van der Waals surface area contributed by atoms with E-state index in [-0.39, 0.29) is 16.9 Å². The Morgan fingerprint density at radius 1 is 1.20 bits per heavy atom. The summed E-state index contributed by atoms with van der Waals surface area (Å²) in [4.78, 5) is 7.16. The van der Waals surface area contributed by atoms with Crippen LogP contribution in [0.2, 0.25) is 0 Å². The monoisotopic (exact) mass is 363 g/mol. The molecule has 2 aliphatic rings. The topological polar surface area (TPSA) is 27.6 Å². The number of thioether (sulfide) groups is 1. The first-order chi connectivity index (χ1) is 11.8. The molecule has 0 atom stereocenters. The van der Waals surface area contributed by atoms with Crippen LogP contribution in [0.1, 0.15) is 52.5 Å². The number of hydrogen-bond acceptors (Lipinski definition) is 4. The standard InChI is InChI=1S/C20H30FN3S/c1-19(2)12-16(13-20(3,4)23-19)24(18-22-10-7-11-25-18)14-15-8-5-6-9-17(15)21/h5-6,8-9,16,23H,7,10-14H2,1-4H3. The van der Waals surface area contributed by atoms with Gasteiger partial charge in [-0.05, 0) is 53.0 Å². The van der Waals surface area contributed by atoms with E-state index in [2.05, 4.69) is 37.9 Å². The fourth-order valence-electron chi connectivity index (χ4n) is 4.27. The maximum Gasteiger partial charge on any atom is 0.159 e. The van der Waals surface area contributed by atoms with E-state index in [9.17, 15) is 4.39 Å². The number of aliphatic imine (C=N–C) groups is 1. The number of nitrogens with one attached hydrogen (secondary N) is 1. The van der Waals surface area contributed by atoms with Crippen LogP contribution in [0.25, 0.3) is 0 Å². The molecule has 0 aliphatic carbocycles. The molecule has 0 amide bonds. The van der Waals surface area contributed by atoms with E-state index in [0.717, 1.165) is 42.3 Å². The predicted octanol–water partition coefficient (Wildman–Crippen LogP) is 4.43. The van der Waals surface area contributed by atoms with Crippen LogP contribution < -0.4 is 5.32 Å². The lowest BCUT2D eigenvalue weighted by Gasteiger charge is -2.50. The van der Waals surface area contributed by atoms with Crippen molar-refractivity contribution in [3.05, 3.63) is 35.6 Å². The van der Waals surface area contributed by atoms with E-state index in [1.165, 1.54) is 0 Å². The number of halogens is 1.